The number of likely N-dealkylation sites (tertiary alicyclic amines) is 1. The Balaban J connectivity index is 0.00000261. The number of hydrogen-bond donors (Lipinski definition) is 2. The molecule has 1 fully saturated rings. The van der Waals surface area contributed by atoms with Crippen molar-refractivity contribution >= 4 is 41.0 Å². The number of aliphatic imine (C=N–C) groups is 1. The molecule has 6 nitrogen and oxygen atoms in total. The molecule has 0 bridgehead atoms. The third kappa shape index (κ3) is 5.57. The van der Waals surface area contributed by atoms with Gasteiger partial charge in [0.05, 0.1) is 17.6 Å². The zero-order valence-electron chi connectivity index (χ0n) is 16.7. The molecule has 1 aliphatic heterocycles. The van der Waals surface area contributed by atoms with Crippen molar-refractivity contribution in [2.24, 2.45) is 4.99 Å². The molecule has 2 N–H and O–H groups in total. The zero-order chi connectivity index (χ0) is 18.4. The van der Waals surface area contributed by atoms with Gasteiger partial charge in [0.25, 0.3) is 0 Å². The number of likely N-dealkylation sites (N-methyl/N-ethyl adjacent to an activating group) is 1. The Bertz CT molecular complexity index is 741. The van der Waals surface area contributed by atoms with E-state index in [1.165, 1.54) is 24.9 Å². The number of benzene rings is 1. The summed E-state index contributed by atoms with van der Waals surface area (Å²) in [4.78, 5) is 12.0. The number of aryl methyl sites for hydroxylation is 1. The average molecular weight is 484 g/mol. The van der Waals surface area contributed by atoms with Crippen molar-refractivity contribution in [1.82, 2.24) is 25.1 Å². The Morgan fingerprint density at radius 2 is 2.07 bits per heavy atom. The number of guanidine groups is 1. The van der Waals surface area contributed by atoms with Gasteiger partial charge in [0.15, 0.2) is 5.96 Å². The topological polar surface area (TPSA) is 57.5 Å². The highest BCUT2D eigenvalue weighted by Gasteiger charge is 2.22. The van der Waals surface area contributed by atoms with E-state index < -0.39 is 0 Å². The van der Waals surface area contributed by atoms with Gasteiger partial charge in [-0.15, -0.1) is 24.0 Å². The van der Waals surface area contributed by atoms with Crippen LogP contribution in [-0.4, -0.2) is 59.2 Å². The highest BCUT2D eigenvalue weighted by molar-refractivity contribution is 14.0. The third-order valence-corrected chi connectivity index (χ3v) is 5.18. The highest BCUT2D eigenvalue weighted by atomic mass is 127. The molecule has 1 aromatic carbocycles. The lowest BCUT2D eigenvalue weighted by Crippen LogP contribution is -2.40. The minimum atomic E-state index is 0. The molecule has 1 saturated heterocycles. The Kier molecular flexibility index (Phi) is 8.82. The van der Waals surface area contributed by atoms with Crippen LogP contribution < -0.4 is 10.6 Å². The molecule has 0 saturated carbocycles. The molecule has 0 aliphatic carbocycles. The van der Waals surface area contributed by atoms with Crippen molar-refractivity contribution in [2.45, 2.75) is 46.2 Å². The van der Waals surface area contributed by atoms with Gasteiger partial charge in [-0.25, -0.2) is 4.98 Å². The fraction of sp³-hybridized carbons (Fsp3) is 0.600. The van der Waals surface area contributed by atoms with Gasteiger partial charge in [-0.05, 0) is 51.9 Å². The Morgan fingerprint density at radius 3 is 2.85 bits per heavy atom. The molecule has 0 spiro atoms. The molecule has 1 unspecified atom stereocenters. The predicted molar refractivity (Wildman–Crippen MR) is 124 cm³/mol. The lowest BCUT2D eigenvalue weighted by molar-refractivity contribution is 0.273. The third-order valence-electron chi connectivity index (χ3n) is 5.18. The second-order valence-corrected chi connectivity index (χ2v) is 6.87. The molecule has 27 heavy (non-hydrogen) atoms. The first-order valence-electron chi connectivity index (χ1n) is 9.91. The smallest absolute Gasteiger partial charge is 0.191 e. The van der Waals surface area contributed by atoms with Crippen LogP contribution in [0.3, 0.4) is 0 Å². The summed E-state index contributed by atoms with van der Waals surface area (Å²) in [6.07, 6.45) is 2.56. The highest BCUT2D eigenvalue weighted by Crippen LogP contribution is 2.17. The molecule has 1 aliphatic rings. The number of rotatable bonds is 7. The van der Waals surface area contributed by atoms with Crippen molar-refractivity contribution in [3.05, 3.63) is 30.1 Å². The first-order valence-corrected chi connectivity index (χ1v) is 9.91. The van der Waals surface area contributed by atoms with Crippen LogP contribution in [0, 0.1) is 6.92 Å². The fourth-order valence-electron chi connectivity index (χ4n) is 3.82. The first kappa shape index (κ1) is 21.9. The number of imidazole rings is 1. The van der Waals surface area contributed by atoms with Crippen molar-refractivity contribution in [1.29, 1.82) is 0 Å². The summed E-state index contributed by atoms with van der Waals surface area (Å²) in [5.74, 6) is 1.97. The fourth-order valence-corrected chi connectivity index (χ4v) is 3.82. The van der Waals surface area contributed by atoms with Crippen LogP contribution in [0.4, 0.5) is 0 Å². The molecule has 7 heteroatoms. The van der Waals surface area contributed by atoms with E-state index in [0.717, 1.165) is 50.0 Å². The zero-order valence-corrected chi connectivity index (χ0v) is 19.1. The Hall–Kier alpha value is -1.35. The normalized spacial score (nSPS) is 17.9. The first-order chi connectivity index (χ1) is 12.7. The van der Waals surface area contributed by atoms with E-state index in [9.17, 15) is 0 Å². The van der Waals surface area contributed by atoms with Crippen LogP contribution >= 0.6 is 24.0 Å². The van der Waals surface area contributed by atoms with Gasteiger partial charge in [0, 0.05) is 25.7 Å². The van der Waals surface area contributed by atoms with Gasteiger partial charge < -0.3 is 15.2 Å². The number of fused-ring (bicyclic) bond motifs is 1. The molecule has 0 amide bonds. The summed E-state index contributed by atoms with van der Waals surface area (Å²) in [6.45, 7) is 12.2. The number of halogens is 1. The molecule has 1 atom stereocenters. The minimum Gasteiger partial charge on any atom is -0.357 e. The minimum absolute atomic E-state index is 0. The van der Waals surface area contributed by atoms with Crippen LogP contribution in [0.1, 0.15) is 32.5 Å². The van der Waals surface area contributed by atoms with Crippen LogP contribution in [0.2, 0.25) is 0 Å². The lowest BCUT2D eigenvalue weighted by Gasteiger charge is -2.21. The monoisotopic (exact) mass is 484 g/mol. The van der Waals surface area contributed by atoms with E-state index in [4.69, 9.17) is 4.99 Å². The average Bonchev–Trinajstić information content (AvgIpc) is 3.23. The van der Waals surface area contributed by atoms with Crippen molar-refractivity contribution in [3.8, 4) is 0 Å². The maximum atomic E-state index is 4.83. The van der Waals surface area contributed by atoms with Gasteiger partial charge in [0.1, 0.15) is 5.82 Å². The lowest BCUT2D eigenvalue weighted by atomic mass is 10.2. The van der Waals surface area contributed by atoms with E-state index in [-0.39, 0.29) is 24.0 Å². The number of nitrogens with one attached hydrogen (secondary N) is 2. The van der Waals surface area contributed by atoms with Crippen molar-refractivity contribution in [3.63, 3.8) is 0 Å². The summed E-state index contributed by atoms with van der Waals surface area (Å²) in [5.41, 5.74) is 2.25. The van der Waals surface area contributed by atoms with Gasteiger partial charge in [-0.2, -0.15) is 0 Å². The second-order valence-electron chi connectivity index (χ2n) is 6.87. The van der Waals surface area contributed by atoms with E-state index >= 15 is 0 Å². The number of para-hydroxylation sites is 2. The van der Waals surface area contributed by atoms with E-state index in [0.29, 0.717) is 6.04 Å². The molecule has 2 heterocycles. The summed E-state index contributed by atoms with van der Waals surface area (Å²) in [7, 11) is 0. The Morgan fingerprint density at radius 1 is 1.26 bits per heavy atom. The molecule has 1 aromatic heterocycles. The quantitative estimate of drug-likeness (QED) is 0.361. The molecule has 0 radical (unpaired) electrons. The summed E-state index contributed by atoms with van der Waals surface area (Å²) < 4.78 is 2.27. The molecular formula is C20H33IN6. The SMILES string of the molecule is CCNC(=NCC1CCCN1CC)NCCn1c(C)nc2ccccc21.I. The molecular weight excluding hydrogens is 451 g/mol. The summed E-state index contributed by atoms with van der Waals surface area (Å²) in [6, 6.07) is 8.90. The van der Waals surface area contributed by atoms with E-state index in [2.05, 4.69) is 64.1 Å². The molecule has 3 rings (SSSR count). The number of hydrogen-bond acceptors (Lipinski definition) is 3. The van der Waals surface area contributed by atoms with Gasteiger partial charge in [0.2, 0.25) is 0 Å². The van der Waals surface area contributed by atoms with Gasteiger partial charge >= 0.3 is 0 Å². The predicted octanol–water partition coefficient (Wildman–Crippen LogP) is 3.00. The number of aromatic nitrogens is 2. The van der Waals surface area contributed by atoms with Gasteiger partial charge in [-0.3, -0.25) is 9.89 Å². The van der Waals surface area contributed by atoms with E-state index in [1.807, 2.05) is 6.07 Å². The maximum Gasteiger partial charge on any atom is 0.191 e. The number of nitrogens with zero attached hydrogens (tertiary/aromatic N) is 4. The largest absolute Gasteiger partial charge is 0.357 e. The van der Waals surface area contributed by atoms with Gasteiger partial charge in [-0.1, -0.05) is 19.1 Å². The van der Waals surface area contributed by atoms with Crippen LogP contribution in [0.5, 0.6) is 0 Å². The maximum absolute atomic E-state index is 4.83. The van der Waals surface area contributed by atoms with Crippen LogP contribution in [0.15, 0.2) is 29.3 Å². The molecule has 150 valence electrons. The Labute approximate surface area is 179 Å². The summed E-state index contributed by atoms with van der Waals surface area (Å²) in [5, 5.41) is 6.85. The second kappa shape index (κ2) is 10.8. The van der Waals surface area contributed by atoms with Crippen molar-refractivity contribution < 1.29 is 0 Å². The van der Waals surface area contributed by atoms with Crippen LogP contribution in [-0.2, 0) is 6.54 Å². The van der Waals surface area contributed by atoms with Crippen molar-refractivity contribution in [2.75, 3.05) is 32.7 Å². The van der Waals surface area contributed by atoms with Crippen LogP contribution in [0.25, 0.3) is 11.0 Å². The van der Waals surface area contributed by atoms with E-state index in [1.54, 1.807) is 0 Å². The summed E-state index contributed by atoms with van der Waals surface area (Å²) >= 11 is 0. The standard InChI is InChI=1S/C20H32N6.HI/c1-4-21-20(23-15-17-9-8-13-25(17)5-2)22-12-14-26-16(3)24-18-10-6-7-11-19(18)26;/h6-7,10-11,17H,4-5,8-9,12-15H2,1-3H3,(H2,21,22,23);1H. The molecule has 2 aromatic rings.